The molecule has 2 rings (SSSR count). The van der Waals surface area contributed by atoms with E-state index in [1.54, 1.807) is 18.2 Å². The number of esters is 1. The fourth-order valence-electron chi connectivity index (χ4n) is 3.40. The zero-order chi connectivity index (χ0) is 22.3. The molecule has 2 aromatic carbocycles. The molecule has 0 saturated carbocycles. The number of unbranched alkanes of at least 4 members (excludes halogenated alkanes) is 5. The lowest BCUT2D eigenvalue weighted by Gasteiger charge is -2.19. The molecule has 31 heavy (non-hydrogen) atoms. The summed E-state index contributed by atoms with van der Waals surface area (Å²) in [5, 5.41) is 0. The molecule has 0 saturated heterocycles. The Hall–Kier alpha value is -2.49. The van der Waals surface area contributed by atoms with Crippen molar-refractivity contribution in [3.05, 3.63) is 54.1 Å². The second kappa shape index (κ2) is 14.5. The van der Waals surface area contributed by atoms with Crippen LogP contribution in [0.4, 0.5) is 0 Å². The molecule has 4 heteroatoms. The lowest BCUT2D eigenvalue weighted by atomic mass is 10.1. The summed E-state index contributed by atoms with van der Waals surface area (Å²) in [5.41, 5.74) is 0.488. The lowest BCUT2D eigenvalue weighted by molar-refractivity contribution is 0.0722. The van der Waals surface area contributed by atoms with Crippen LogP contribution in [0.2, 0.25) is 0 Å². The van der Waals surface area contributed by atoms with Gasteiger partial charge in [-0.1, -0.05) is 71.4 Å². The molecule has 0 N–H and O–H groups in total. The third-order valence-electron chi connectivity index (χ3n) is 5.27. The van der Waals surface area contributed by atoms with Crippen molar-refractivity contribution in [2.24, 2.45) is 0 Å². The van der Waals surface area contributed by atoms with E-state index in [4.69, 9.17) is 14.2 Å². The summed E-state index contributed by atoms with van der Waals surface area (Å²) < 4.78 is 17.5. The smallest absolute Gasteiger partial charge is 0.343 e. The Bertz CT molecular complexity index is 754. The molecule has 2 aromatic rings. The van der Waals surface area contributed by atoms with Crippen LogP contribution >= 0.6 is 0 Å². The topological polar surface area (TPSA) is 44.8 Å². The Balaban J connectivity index is 1.86. The molecule has 1 unspecified atom stereocenters. The van der Waals surface area contributed by atoms with E-state index in [2.05, 4.69) is 20.8 Å². The maximum atomic E-state index is 12.6. The first-order valence-corrected chi connectivity index (χ1v) is 11.9. The molecule has 0 radical (unpaired) electrons. The van der Waals surface area contributed by atoms with E-state index in [9.17, 15) is 4.79 Å². The molecule has 0 fully saturated rings. The number of carbonyl (C=O) groups is 1. The van der Waals surface area contributed by atoms with Crippen LogP contribution in [0.25, 0.3) is 0 Å². The monoisotopic (exact) mass is 426 g/mol. The second-order valence-electron chi connectivity index (χ2n) is 7.91. The minimum absolute atomic E-state index is 0.118. The molecule has 0 aliphatic heterocycles. The van der Waals surface area contributed by atoms with Gasteiger partial charge >= 0.3 is 5.97 Å². The van der Waals surface area contributed by atoms with Crippen LogP contribution in [0.15, 0.2) is 48.5 Å². The molecule has 0 bridgehead atoms. The van der Waals surface area contributed by atoms with E-state index >= 15 is 0 Å². The summed E-state index contributed by atoms with van der Waals surface area (Å²) in [4.78, 5) is 12.6. The maximum Gasteiger partial charge on any atom is 0.343 e. The molecular weight excluding hydrogens is 388 g/mol. The highest BCUT2D eigenvalue weighted by Gasteiger charge is 2.15. The average molecular weight is 427 g/mol. The molecular formula is C27H38O4. The third-order valence-corrected chi connectivity index (χ3v) is 5.27. The predicted octanol–water partition coefficient (Wildman–Crippen LogP) is 7.60. The van der Waals surface area contributed by atoms with Crippen molar-refractivity contribution < 1.29 is 19.0 Å². The fraction of sp³-hybridized carbons (Fsp3) is 0.519. The SMILES string of the molecule is CCCCCCCCOc1ccc(C(=O)Oc2ccccc2OC(CC)CCC)cc1. The van der Waals surface area contributed by atoms with Gasteiger partial charge in [-0.2, -0.15) is 0 Å². The Labute approximate surface area is 187 Å². The Morgan fingerprint density at radius 3 is 2.16 bits per heavy atom. The largest absolute Gasteiger partial charge is 0.494 e. The van der Waals surface area contributed by atoms with E-state index in [1.807, 2.05) is 30.3 Å². The van der Waals surface area contributed by atoms with Crippen molar-refractivity contribution in [3.63, 3.8) is 0 Å². The van der Waals surface area contributed by atoms with Crippen molar-refractivity contribution in [2.75, 3.05) is 6.61 Å². The van der Waals surface area contributed by atoms with E-state index < -0.39 is 5.97 Å². The summed E-state index contributed by atoms with van der Waals surface area (Å²) in [6, 6.07) is 14.5. The highest BCUT2D eigenvalue weighted by atomic mass is 16.6. The highest BCUT2D eigenvalue weighted by molar-refractivity contribution is 5.91. The van der Waals surface area contributed by atoms with Gasteiger partial charge in [0.15, 0.2) is 11.5 Å². The molecule has 4 nitrogen and oxygen atoms in total. The van der Waals surface area contributed by atoms with Gasteiger partial charge in [-0.05, 0) is 55.7 Å². The van der Waals surface area contributed by atoms with Gasteiger partial charge in [0, 0.05) is 0 Å². The van der Waals surface area contributed by atoms with Gasteiger partial charge in [-0.15, -0.1) is 0 Å². The van der Waals surface area contributed by atoms with Gasteiger partial charge in [-0.3, -0.25) is 0 Å². The van der Waals surface area contributed by atoms with Crippen LogP contribution in [-0.4, -0.2) is 18.7 Å². The van der Waals surface area contributed by atoms with Crippen molar-refractivity contribution in [3.8, 4) is 17.2 Å². The molecule has 0 aliphatic carbocycles. The van der Waals surface area contributed by atoms with Crippen molar-refractivity contribution in [2.45, 2.75) is 84.7 Å². The summed E-state index contributed by atoms with van der Waals surface area (Å²) in [5.74, 6) is 1.43. The fourth-order valence-corrected chi connectivity index (χ4v) is 3.40. The molecule has 0 heterocycles. The minimum atomic E-state index is -0.401. The zero-order valence-electron chi connectivity index (χ0n) is 19.4. The zero-order valence-corrected chi connectivity index (χ0v) is 19.4. The van der Waals surface area contributed by atoms with Crippen LogP contribution in [0.3, 0.4) is 0 Å². The first-order valence-electron chi connectivity index (χ1n) is 11.9. The van der Waals surface area contributed by atoms with Crippen molar-refractivity contribution in [1.29, 1.82) is 0 Å². The van der Waals surface area contributed by atoms with E-state index in [0.29, 0.717) is 23.7 Å². The van der Waals surface area contributed by atoms with Gasteiger partial charge in [0.25, 0.3) is 0 Å². The number of rotatable bonds is 15. The number of hydrogen-bond donors (Lipinski definition) is 0. The van der Waals surface area contributed by atoms with Crippen LogP contribution < -0.4 is 14.2 Å². The number of carbonyl (C=O) groups excluding carboxylic acids is 1. The van der Waals surface area contributed by atoms with Gasteiger partial charge in [0.2, 0.25) is 0 Å². The van der Waals surface area contributed by atoms with Crippen molar-refractivity contribution in [1.82, 2.24) is 0 Å². The van der Waals surface area contributed by atoms with Crippen LogP contribution in [-0.2, 0) is 0 Å². The minimum Gasteiger partial charge on any atom is -0.494 e. The van der Waals surface area contributed by atoms with Gasteiger partial charge in [-0.25, -0.2) is 4.79 Å². The summed E-state index contributed by atoms with van der Waals surface area (Å²) in [6.07, 6.45) is 10.5. The second-order valence-corrected chi connectivity index (χ2v) is 7.91. The van der Waals surface area contributed by atoms with E-state index in [1.165, 1.54) is 32.1 Å². The molecule has 0 aromatic heterocycles. The average Bonchev–Trinajstić information content (AvgIpc) is 2.79. The normalized spacial score (nSPS) is 11.7. The summed E-state index contributed by atoms with van der Waals surface area (Å²) >= 11 is 0. The number of ether oxygens (including phenoxy) is 3. The predicted molar refractivity (Wildman–Crippen MR) is 126 cm³/mol. The highest BCUT2D eigenvalue weighted by Crippen LogP contribution is 2.29. The molecule has 1 atom stereocenters. The molecule has 170 valence electrons. The van der Waals surface area contributed by atoms with E-state index in [0.717, 1.165) is 31.4 Å². The number of hydrogen-bond acceptors (Lipinski definition) is 4. The van der Waals surface area contributed by atoms with Crippen LogP contribution in [0.1, 0.15) is 88.9 Å². The molecule has 0 spiro atoms. The van der Waals surface area contributed by atoms with Crippen molar-refractivity contribution >= 4 is 5.97 Å². The number of para-hydroxylation sites is 2. The summed E-state index contributed by atoms with van der Waals surface area (Å²) in [6.45, 7) is 7.17. The first-order chi connectivity index (χ1) is 15.2. The van der Waals surface area contributed by atoms with Gasteiger partial charge in [0.1, 0.15) is 5.75 Å². The van der Waals surface area contributed by atoms with Crippen LogP contribution in [0.5, 0.6) is 17.2 Å². The lowest BCUT2D eigenvalue weighted by Crippen LogP contribution is -2.16. The first kappa shape index (κ1) is 24.8. The third kappa shape index (κ3) is 9.04. The molecule has 0 amide bonds. The van der Waals surface area contributed by atoms with Crippen LogP contribution in [0, 0.1) is 0 Å². The van der Waals surface area contributed by atoms with E-state index in [-0.39, 0.29) is 6.10 Å². The Morgan fingerprint density at radius 1 is 0.806 bits per heavy atom. The van der Waals surface area contributed by atoms with Gasteiger partial charge < -0.3 is 14.2 Å². The Kier molecular flexibility index (Phi) is 11.6. The number of benzene rings is 2. The standard InChI is InChI=1S/C27H38O4/c1-4-7-8-9-10-13-21-29-24-19-17-22(18-20-24)27(28)31-26-16-12-11-15-25(26)30-23(6-3)14-5-2/h11-12,15-20,23H,4-10,13-14,21H2,1-3H3. The Morgan fingerprint density at radius 2 is 1.48 bits per heavy atom. The quantitative estimate of drug-likeness (QED) is 0.167. The van der Waals surface area contributed by atoms with Gasteiger partial charge in [0.05, 0.1) is 18.3 Å². The molecule has 0 aliphatic rings. The maximum absolute atomic E-state index is 12.6. The summed E-state index contributed by atoms with van der Waals surface area (Å²) in [7, 11) is 0.